The molecule has 0 amide bonds. The van der Waals surface area contributed by atoms with Gasteiger partial charge in [0.05, 0.1) is 0 Å². The summed E-state index contributed by atoms with van der Waals surface area (Å²) < 4.78 is 5.39. The third-order valence-corrected chi connectivity index (χ3v) is 15.7. The normalized spacial score (nSPS) is 12.9. The molecule has 0 aliphatic heterocycles. The van der Waals surface area contributed by atoms with Crippen LogP contribution in [0.1, 0.15) is 156 Å². The average Bonchev–Trinajstić information content (AvgIpc) is 2.85. The van der Waals surface area contributed by atoms with E-state index in [0.717, 1.165) is 12.8 Å². The van der Waals surface area contributed by atoms with Gasteiger partial charge in [0.25, 0.3) is 0 Å². The molecular formula is C32H64ClO2P. The first-order valence-electron chi connectivity index (χ1n) is 15.9. The van der Waals surface area contributed by atoms with Crippen molar-refractivity contribution in [2.75, 3.05) is 31.3 Å². The van der Waals surface area contributed by atoms with E-state index in [4.69, 9.17) is 16.0 Å². The molecule has 0 radical (unpaired) electrons. The van der Waals surface area contributed by atoms with Gasteiger partial charge in [0.1, 0.15) is 0 Å². The first kappa shape index (κ1) is 35.9. The van der Waals surface area contributed by atoms with Crippen molar-refractivity contribution < 1.29 is 9.53 Å². The van der Waals surface area contributed by atoms with Gasteiger partial charge in [-0.3, -0.25) is 0 Å². The Morgan fingerprint density at radius 3 is 1.22 bits per heavy atom. The predicted octanol–water partition coefficient (Wildman–Crippen LogP) is 11.7. The van der Waals surface area contributed by atoms with Crippen LogP contribution in [-0.4, -0.2) is 37.2 Å². The van der Waals surface area contributed by atoms with Crippen LogP contribution in [0.25, 0.3) is 0 Å². The van der Waals surface area contributed by atoms with Crippen molar-refractivity contribution in [3.05, 3.63) is 12.2 Å². The van der Waals surface area contributed by atoms with Gasteiger partial charge in [-0.2, -0.15) is 0 Å². The maximum atomic E-state index is 11.8. The number of hydrogen-bond donors (Lipinski definition) is 0. The second-order valence-electron chi connectivity index (χ2n) is 11.6. The molecule has 0 aromatic rings. The predicted molar refractivity (Wildman–Crippen MR) is 167 cm³/mol. The number of halogens is 1. The maximum absolute atomic E-state index is 11.8. The Morgan fingerprint density at radius 2 is 0.889 bits per heavy atom. The van der Waals surface area contributed by atoms with Crippen LogP contribution < -0.4 is 0 Å². The van der Waals surface area contributed by atoms with Crippen molar-refractivity contribution in [1.82, 2.24) is 0 Å². The van der Waals surface area contributed by atoms with Crippen LogP contribution in [0.2, 0.25) is 0 Å². The van der Waals surface area contributed by atoms with Crippen molar-refractivity contribution in [3.63, 3.8) is 0 Å². The van der Waals surface area contributed by atoms with E-state index in [2.05, 4.69) is 27.4 Å². The van der Waals surface area contributed by atoms with Gasteiger partial charge >= 0.3 is 232 Å². The van der Waals surface area contributed by atoms with E-state index in [-0.39, 0.29) is 5.97 Å². The molecule has 0 spiro atoms. The van der Waals surface area contributed by atoms with E-state index in [1.54, 1.807) is 6.92 Å². The van der Waals surface area contributed by atoms with E-state index in [9.17, 15) is 4.79 Å². The third kappa shape index (κ3) is 19.1. The second kappa shape index (κ2) is 22.9. The molecular weight excluding hydrogens is 483 g/mol. The Kier molecular flexibility index (Phi) is 22.8. The Bertz CT molecular complexity index is 505. The quantitative estimate of drug-likeness (QED) is 0.0443. The summed E-state index contributed by atoms with van der Waals surface area (Å²) in [5.74, 6) is -2.54. The number of rotatable bonds is 27. The minimum absolute atomic E-state index is 0.260. The van der Waals surface area contributed by atoms with Crippen LogP contribution in [0.15, 0.2) is 12.2 Å². The fourth-order valence-corrected chi connectivity index (χ4v) is 12.3. The number of ether oxygens (including phenoxy) is 1. The first-order chi connectivity index (χ1) is 17.3. The number of unbranched alkanes of at least 4 members (excludes halogenated alkanes) is 16. The zero-order valence-corrected chi connectivity index (χ0v) is 26.7. The zero-order valence-electron chi connectivity index (χ0n) is 25.0. The first-order valence-corrected chi connectivity index (χ1v) is 19.7. The fourth-order valence-electron chi connectivity index (χ4n) is 5.43. The Labute approximate surface area is 231 Å². The van der Waals surface area contributed by atoms with Crippen molar-refractivity contribution in [2.45, 2.75) is 156 Å². The summed E-state index contributed by atoms with van der Waals surface area (Å²) in [5, 5.41) is 0. The van der Waals surface area contributed by atoms with Crippen molar-refractivity contribution >= 4 is 23.2 Å². The zero-order chi connectivity index (χ0) is 27.0. The van der Waals surface area contributed by atoms with Crippen LogP contribution in [-0.2, 0) is 9.53 Å². The van der Waals surface area contributed by atoms with E-state index in [1.165, 1.54) is 140 Å². The molecule has 36 heavy (non-hydrogen) atoms. The van der Waals surface area contributed by atoms with Crippen LogP contribution in [0.5, 0.6) is 0 Å². The Morgan fingerprint density at radius 1 is 0.583 bits per heavy atom. The second-order valence-corrected chi connectivity index (χ2v) is 19.9. The van der Waals surface area contributed by atoms with E-state index >= 15 is 0 Å². The summed E-state index contributed by atoms with van der Waals surface area (Å²) in [5.41, 5.74) is 0.487. The van der Waals surface area contributed by atoms with Gasteiger partial charge < -0.3 is 0 Å². The summed E-state index contributed by atoms with van der Waals surface area (Å²) in [7, 11) is 0. The van der Waals surface area contributed by atoms with Crippen molar-refractivity contribution in [3.8, 4) is 0 Å². The number of hydrogen-bond acceptors (Lipinski definition) is 2. The molecule has 0 heterocycles. The minimum atomic E-state index is -2.28. The van der Waals surface area contributed by atoms with Crippen molar-refractivity contribution in [2.24, 2.45) is 0 Å². The van der Waals surface area contributed by atoms with Gasteiger partial charge in [-0.1, -0.05) is 0 Å². The average molecular weight is 547 g/mol. The molecule has 2 nitrogen and oxygen atoms in total. The Balaban J connectivity index is 5.13. The molecule has 0 aliphatic rings. The molecule has 0 saturated carbocycles. The van der Waals surface area contributed by atoms with E-state index < -0.39 is 5.96 Å². The molecule has 0 rings (SSSR count). The van der Waals surface area contributed by atoms with Crippen LogP contribution in [0.3, 0.4) is 0 Å². The van der Waals surface area contributed by atoms with E-state index in [1.807, 2.05) is 0 Å². The molecule has 0 saturated heterocycles. The van der Waals surface area contributed by atoms with Gasteiger partial charge in [-0.15, -0.1) is 0 Å². The molecule has 0 atom stereocenters. The molecule has 0 aromatic heterocycles. The topological polar surface area (TPSA) is 26.3 Å². The summed E-state index contributed by atoms with van der Waals surface area (Å²) in [6.45, 7) is 12.8. The van der Waals surface area contributed by atoms with Gasteiger partial charge in [0.15, 0.2) is 0 Å². The summed E-state index contributed by atoms with van der Waals surface area (Å²) in [6, 6.07) is 0. The molecule has 0 bridgehead atoms. The van der Waals surface area contributed by atoms with Crippen molar-refractivity contribution in [1.29, 1.82) is 0 Å². The molecule has 0 N–H and O–H groups in total. The third-order valence-electron chi connectivity index (χ3n) is 7.90. The molecule has 4 heteroatoms. The van der Waals surface area contributed by atoms with Gasteiger partial charge in [-0.25, -0.2) is 0 Å². The van der Waals surface area contributed by atoms with Crippen LogP contribution in [0.4, 0.5) is 0 Å². The van der Waals surface area contributed by atoms with Gasteiger partial charge in [0.2, 0.25) is 0 Å². The summed E-state index contributed by atoms with van der Waals surface area (Å²) >= 11 is 8.02. The number of esters is 1. The molecule has 0 unspecified atom stereocenters. The molecule has 0 fully saturated rings. The molecule has 0 aromatic carbocycles. The standard InChI is InChI=1S/C32H64ClO2P/c1-6-9-12-15-18-22-27-36(33,28-23-19-16-13-10-7-2,29-24-20-17-14-11-8-3)30-25-21-26-35-32(34)31(4)5/h4,6-30H2,1-3,5H3. The van der Waals surface area contributed by atoms with E-state index in [0.29, 0.717) is 12.2 Å². The molecule has 0 aliphatic carbocycles. The Hall–Kier alpha value is -0.0700. The summed E-state index contributed by atoms with van der Waals surface area (Å²) in [6.07, 6.45) is 31.2. The van der Waals surface area contributed by atoms with Gasteiger partial charge in [-0.05, 0) is 0 Å². The molecule has 216 valence electrons. The number of carbonyl (C=O) groups excluding carboxylic acids is 1. The monoisotopic (exact) mass is 546 g/mol. The summed E-state index contributed by atoms with van der Waals surface area (Å²) in [4.78, 5) is 11.8. The fraction of sp³-hybridized carbons (Fsp3) is 0.906. The van der Waals surface area contributed by atoms with Gasteiger partial charge in [0, 0.05) is 0 Å². The van der Waals surface area contributed by atoms with Crippen LogP contribution >= 0.6 is 17.2 Å². The van der Waals surface area contributed by atoms with Crippen LogP contribution in [0, 0.1) is 0 Å². The number of carbonyl (C=O) groups is 1. The SMILES string of the molecule is C=C(C)C(=O)OCCCCP(Cl)(CCCCCCCC)(CCCCCCCC)CCCCCCCC.